The number of hydrogen-bond donors (Lipinski definition) is 1. The summed E-state index contributed by atoms with van der Waals surface area (Å²) in [5, 5.41) is 2.89. The number of nitrogens with one attached hydrogen (secondary N) is 1. The standard InChI is InChI=1S/C17H19BrN2O4S/c1-12(13-4-8-15(18)9-5-13)19-17(21)14-6-10-16(11-7-14)25(22,23)20(2)24-3/h4-12H,1-3H3,(H,19,21). The van der Waals surface area contributed by atoms with E-state index < -0.39 is 10.0 Å². The van der Waals surface area contributed by atoms with Crippen molar-refractivity contribution in [1.82, 2.24) is 9.79 Å². The zero-order valence-electron chi connectivity index (χ0n) is 14.1. The van der Waals surface area contributed by atoms with E-state index in [9.17, 15) is 13.2 Å². The molecule has 1 atom stereocenters. The third-order valence-corrected chi connectivity index (χ3v) is 5.95. The normalized spacial score (nSPS) is 12.8. The van der Waals surface area contributed by atoms with Crippen LogP contribution in [0.15, 0.2) is 57.9 Å². The Morgan fingerprint density at radius 2 is 1.68 bits per heavy atom. The summed E-state index contributed by atoms with van der Waals surface area (Å²) in [5.74, 6) is -0.278. The number of rotatable bonds is 6. The maximum absolute atomic E-state index is 12.3. The van der Waals surface area contributed by atoms with Crippen molar-refractivity contribution in [1.29, 1.82) is 0 Å². The van der Waals surface area contributed by atoms with Crippen LogP contribution >= 0.6 is 15.9 Å². The predicted molar refractivity (Wildman–Crippen MR) is 98.4 cm³/mol. The van der Waals surface area contributed by atoms with E-state index in [2.05, 4.69) is 21.2 Å². The molecule has 1 unspecified atom stereocenters. The minimum atomic E-state index is -3.73. The first-order valence-electron chi connectivity index (χ1n) is 7.45. The highest BCUT2D eigenvalue weighted by molar-refractivity contribution is 9.10. The summed E-state index contributed by atoms with van der Waals surface area (Å²) >= 11 is 3.37. The van der Waals surface area contributed by atoms with Crippen LogP contribution in [0.5, 0.6) is 0 Å². The Bertz CT molecular complexity index is 836. The lowest BCUT2D eigenvalue weighted by Crippen LogP contribution is -2.27. The van der Waals surface area contributed by atoms with Crippen LogP contribution in [-0.4, -0.2) is 33.0 Å². The molecule has 0 spiro atoms. The van der Waals surface area contributed by atoms with E-state index in [1.807, 2.05) is 31.2 Å². The summed E-state index contributed by atoms with van der Waals surface area (Å²) < 4.78 is 26.0. The van der Waals surface area contributed by atoms with Gasteiger partial charge in [0.05, 0.1) is 18.0 Å². The van der Waals surface area contributed by atoms with Gasteiger partial charge in [-0.25, -0.2) is 8.42 Å². The number of benzene rings is 2. The van der Waals surface area contributed by atoms with Crippen molar-refractivity contribution in [3.05, 3.63) is 64.1 Å². The molecule has 2 rings (SSSR count). The molecule has 2 aromatic carbocycles. The Morgan fingerprint density at radius 3 is 2.20 bits per heavy atom. The third-order valence-electron chi connectivity index (χ3n) is 3.73. The molecule has 0 saturated heterocycles. The number of carbonyl (C=O) groups is 1. The van der Waals surface area contributed by atoms with E-state index in [1.54, 1.807) is 0 Å². The van der Waals surface area contributed by atoms with Gasteiger partial charge in [0, 0.05) is 17.1 Å². The molecule has 8 heteroatoms. The summed E-state index contributed by atoms with van der Waals surface area (Å²) in [6, 6.07) is 13.2. The van der Waals surface area contributed by atoms with Crippen LogP contribution in [0.2, 0.25) is 0 Å². The highest BCUT2D eigenvalue weighted by atomic mass is 79.9. The highest BCUT2D eigenvalue weighted by Crippen LogP contribution is 2.18. The number of hydrogen-bond acceptors (Lipinski definition) is 4. The van der Waals surface area contributed by atoms with Gasteiger partial charge < -0.3 is 5.32 Å². The molecular formula is C17H19BrN2O4S. The largest absolute Gasteiger partial charge is 0.346 e. The van der Waals surface area contributed by atoms with E-state index in [-0.39, 0.29) is 16.8 Å². The molecule has 0 radical (unpaired) electrons. The minimum Gasteiger partial charge on any atom is -0.346 e. The zero-order chi connectivity index (χ0) is 18.6. The average Bonchev–Trinajstić information content (AvgIpc) is 2.61. The van der Waals surface area contributed by atoms with Crippen molar-refractivity contribution in [2.45, 2.75) is 17.9 Å². The molecule has 6 nitrogen and oxygen atoms in total. The molecule has 0 saturated carbocycles. The number of carbonyl (C=O) groups excluding carboxylic acids is 1. The molecular weight excluding hydrogens is 408 g/mol. The highest BCUT2D eigenvalue weighted by Gasteiger charge is 2.21. The van der Waals surface area contributed by atoms with E-state index in [0.29, 0.717) is 5.56 Å². The number of sulfonamides is 1. The van der Waals surface area contributed by atoms with E-state index in [1.165, 1.54) is 38.4 Å². The van der Waals surface area contributed by atoms with Gasteiger partial charge in [0.2, 0.25) is 0 Å². The molecule has 25 heavy (non-hydrogen) atoms. The maximum Gasteiger partial charge on any atom is 0.264 e. The van der Waals surface area contributed by atoms with Crippen LogP contribution in [0.4, 0.5) is 0 Å². The van der Waals surface area contributed by atoms with Gasteiger partial charge >= 0.3 is 0 Å². The third kappa shape index (κ3) is 4.66. The monoisotopic (exact) mass is 426 g/mol. The van der Waals surface area contributed by atoms with E-state index in [4.69, 9.17) is 4.84 Å². The Kier molecular flexibility index (Phi) is 6.34. The smallest absolute Gasteiger partial charge is 0.264 e. The van der Waals surface area contributed by atoms with Crippen LogP contribution in [0.3, 0.4) is 0 Å². The Morgan fingerprint density at radius 1 is 1.12 bits per heavy atom. The van der Waals surface area contributed by atoms with Gasteiger partial charge in [0.25, 0.3) is 15.9 Å². The van der Waals surface area contributed by atoms with Crippen LogP contribution in [0, 0.1) is 0 Å². The number of hydroxylamine groups is 1. The van der Waals surface area contributed by atoms with Gasteiger partial charge in [0.1, 0.15) is 0 Å². The first kappa shape index (κ1) is 19.6. The molecule has 0 aromatic heterocycles. The summed E-state index contributed by atoms with van der Waals surface area (Å²) in [7, 11) is -1.16. The average molecular weight is 427 g/mol. The number of halogens is 1. The number of nitrogens with zero attached hydrogens (tertiary/aromatic N) is 1. The molecule has 2 aromatic rings. The van der Waals surface area contributed by atoms with Gasteiger partial charge in [-0.05, 0) is 48.9 Å². The van der Waals surface area contributed by atoms with Gasteiger partial charge in [-0.15, -0.1) is 0 Å². The summed E-state index contributed by atoms with van der Waals surface area (Å²) in [6.45, 7) is 1.88. The second-order valence-corrected chi connectivity index (χ2v) is 8.22. The SMILES string of the molecule is CON(C)S(=O)(=O)c1ccc(C(=O)NC(C)c2ccc(Br)cc2)cc1. The fourth-order valence-electron chi connectivity index (χ4n) is 2.14. The summed E-state index contributed by atoms with van der Waals surface area (Å²) in [6.07, 6.45) is 0. The molecule has 0 fully saturated rings. The first-order valence-corrected chi connectivity index (χ1v) is 9.68. The minimum absolute atomic E-state index is 0.0503. The fraction of sp³-hybridized carbons (Fsp3) is 0.235. The predicted octanol–water partition coefficient (Wildman–Crippen LogP) is 3.12. The van der Waals surface area contributed by atoms with Crippen molar-refractivity contribution < 1.29 is 18.0 Å². The second kappa shape index (κ2) is 8.09. The van der Waals surface area contributed by atoms with Crippen LogP contribution in [0.1, 0.15) is 28.9 Å². The Hall–Kier alpha value is -1.74. The molecule has 1 N–H and O–H groups in total. The molecule has 0 aliphatic heterocycles. The van der Waals surface area contributed by atoms with Crippen molar-refractivity contribution in [3.63, 3.8) is 0 Å². The lowest BCUT2D eigenvalue weighted by Gasteiger charge is -2.16. The molecule has 0 aliphatic carbocycles. The quantitative estimate of drug-likeness (QED) is 0.719. The number of amides is 1. The van der Waals surface area contributed by atoms with Gasteiger partial charge in [-0.2, -0.15) is 0 Å². The lowest BCUT2D eigenvalue weighted by atomic mass is 10.1. The molecule has 134 valence electrons. The maximum atomic E-state index is 12.3. The van der Waals surface area contributed by atoms with Gasteiger partial charge in [-0.3, -0.25) is 9.63 Å². The molecule has 0 bridgehead atoms. The topological polar surface area (TPSA) is 75.7 Å². The van der Waals surface area contributed by atoms with E-state index >= 15 is 0 Å². The van der Waals surface area contributed by atoms with Crippen LogP contribution in [-0.2, 0) is 14.9 Å². The molecule has 0 aliphatic rings. The van der Waals surface area contributed by atoms with Gasteiger partial charge in [-0.1, -0.05) is 32.5 Å². The lowest BCUT2D eigenvalue weighted by molar-refractivity contribution is -0.0258. The van der Waals surface area contributed by atoms with Crippen molar-refractivity contribution >= 4 is 31.9 Å². The zero-order valence-corrected chi connectivity index (χ0v) is 16.5. The fourth-order valence-corrected chi connectivity index (χ4v) is 3.38. The van der Waals surface area contributed by atoms with Gasteiger partial charge in [0.15, 0.2) is 0 Å². The van der Waals surface area contributed by atoms with E-state index in [0.717, 1.165) is 14.5 Å². The van der Waals surface area contributed by atoms with Crippen molar-refractivity contribution in [2.24, 2.45) is 0 Å². The second-order valence-electron chi connectivity index (χ2n) is 5.37. The summed E-state index contributed by atoms with van der Waals surface area (Å²) in [4.78, 5) is 17.1. The summed E-state index contributed by atoms with van der Waals surface area (Å²) in [5.41, 5.74) is 1.35. The van der Waals surface area contributed by atoms with Crippen molar-refractivity contribution in [2.75, 3.05) is 14.2 Å². The Balaban J connectivity index is 2.11. The first-order chi connectivity index (χ1) is 11.8. The van der Waals surface area contributed by atoms with Crippen LogP contribution in [0.25, 0.3) is 0 Å². The van der Waals surface area contributed by atoms with Crippen molar-refractivity contribution in [3.8, 4) is 0 Å². The molecule has 0 heterocycles. The van der Waals surface area contributed by atoms with Crippen LogP contribution < -0.4 is 5.32 Å². The Labute approximate surface area is 155 Å². The molecule has 1 amide bonds.